The Bertz CT molecular complexity index is 6.90. The first-order valence-corrected chi connectivity index (χ1v) is 0. The van der Waals surface area contributed by atoms with Gasteiger partial charge in [-0.15, -0.1) is 0 Å². The van der Waals surface area contributed by atoms with E-state index in [1.165, 1.54) is 0 Å². The summed E-state index contributed by atoms with van der Waals surface area (Å²) < 4.78 is 0. The second kappa shape index (κ2) is 44.6. The third kappa shape index (κ3) is 36.0. The number of rotatable bonds is 0. The maximum atomic E-state index is 0. The molecule has 0 nitrogen and oxygen atoms in total. The maximum absolute atomic E-state index is 0. The Morgan fingerprint density at radius 1 is 0.286 bits per heavy atom. The SMILES string of the molecule is [Cu].[Cu].[Cu].[Cu].[Hg].[Hg].[Hg]. The Hall–Kier alpha value is 4.88. The predicted molar refractivity (Wildman–Crippen MR) is 0 cm³/mol. The van der Waals surface area contributed by atoms with Gasteiger partial charge in [0.25, 0.3) is 0 Å². The summed E-state index contributed by atoms with van der Waals surface area (Å²) in [5, 5.41) is 0. The largest absolute Gasteiger partial charge is 0 e. The molecule has 0 bridgehead atoms. The van der Waals surface area contributed by atoms with E-state index in [9.17, 15) is 0 Å². The minimum absolute atomic E-state index is 0. The molecule has 0 spiro atoms. The van der Waals surface area contributed by atoms with Crippen LogP contribution in [0.2, 0.25) is 0 Å². The quantitative estimate of drug-likeness (QED) is 0.301. The van der Waals surface area contributed by atoms with E-state index in [4.69, 9.17) is 0 Å². The van der Waals surface area contributed by atoms with Crippen LogP contribution in [0.1, 0.15) is 0 Å². The van der Waals surface area contributed by atoms with Gasteiger partial charge in [-0.3, -0.25) is 0 Å². The van der Waals surface area contributed by atoms with Gasteiger partial charge in [-0.25, -0.2) is 0 Å². The van der Waals surface area contributed by atoms with E-state index in [2.05, 4.69) is 0 Å². The zero-order valence-corrected chi connectivity index (χ0v) is 23.6. The van der Waals surface area contributed by atoms with Gasteiger partial charge in [-0.2, -0.15) is 0 Å². The van der Waals surface area contributed by atoms with Crippen molar-refractivity contribution >= 4 is 0 Å². The molecular formula is Cu4Hg3. The molecule has 0 N–H and O–H groups in total. The molecule has 0 saturated heterocycles. The van der Waals surface area contributed by atoms with Gasteiger partial charge in [0.1, 0.15) is 0 Å². The van der Waals surface area contributed by atoms with Gasteiger partial charge < -0.3 is 0 Å². The zero-order chi connectivity index (χ0) is 0. The van der Waals surface area contributed by atoms with Crippen molar-refractivity contribution in [3.05, 3.63) is 0 Å². The molecule has 50 valence electrons. The van der Waals surface area contributed by atoms with E-state index in [1.54, 1.807) is 0 Å². The summed E-state index contributed by atoms with van der Waals surface area (Å²) in [6.07, 6.45) is 0. The molecule has 0 fully saturated rings. The normalized spacial score (nSPS) is 0. The molecule has 0 aliphatic carbocycles. The van der Waals surface area contributed by atoms with Gasteiger partial charge in [-0.05, 0) is 0 Å². The van der Waals surface area contributed by atoms with Crippen molar-refractivity contribution in [1.29, 1.82) is 0 Å². The fourth-order valence-corrected chi connectivity index (χ4v) is 0. The minimum Gasteiger partial charge on any atom is 0 e. The van der Waals surface area contributed by atoms with Crippen LogP contribution in [0.5, 0.6) is 0 Å². The monoisotopic (exact) mass is 858 g/mol. The molecule has 0 aromatic carbocycles. The van der Waals surface area contributed by atoms with Crippen molar-refractivity contribution in [3.8, 4) is 0 Å². The third-order valence-electron chi connectivity index (χ3n) is 0. The second-order valence-electron chi connectivity index (χ2n) is 0. The van der Waals surface area contributed by atoms with Crippen molar-refractivity contribution < 1.29 is 151 Å². The van der Waals surface area contributed by atoms with Crippen LogP contribution in [0.25, 0.3) is 0 Å². The molecule has 0 aliphatic heterocycles. The Balaban J connectivity index is 0. The summed E-state index contributed by atoms with van der Waals surface area (Å²) in [6.45, 7) is 0. The van der Waals surface area contributed by atoms with Gasteiger partial charge in [0.05, 0.1) is 0 Å². The van der Waals surface area contributed by atoms with Gasteiger partial charge in [-0.1, -0.05) is 0 Å². The maximum Gasteiger partial charge on any atom is 0 e. The Labute approximate surface area is 148 Å². The topological polar surface area (TPSA) is 0 Å². The molecule has 0 rings (SSSR count). The fourth-order valence-electron chi connectivity index (χ4n) is 0. The average molecular weight is 856 g/mol. The van der Waals surface area contributed by atoms with Gasteiger partial charge in [0, 0.05) is 151 Å². The van der Waals surface area contributed by atoms with Gasteiger partial charge in [0.2, 0.25) is 0 Å². The van der Waals surface area contributed by atoms with Crippen LogP contribution in [-0.2, 0) is 151 Å². The summed E-state index contributed by atoms with van der Waals surface area (Å²) >= 11 is 0. The van der Waals surface area contributed by atoms with Crippen molar-refractivity contribution in [2.24, 2.45) is 0 Å². The van der Waals surface area contributed by atoms with E-state index in [1.807, 2.05) is 0 Å². The standard InChI is InChI=1S/4Cu.3Hg. The first-order valence-electron chi connectivity index (χ1n) is 0. The Morgan fingerprint density at radius 2 is 0.286 bits per heavy atom. The molecule has 7 heteroatoms. The summed E-state index contributed by atoms with van der Waals surface area (Å²) in [6, 6.07) is 0. The van der Waals surface area contributed by atoms with Crippen LogP contribution in [-0.4, -0.2) is 0 Å². The molecule has 0 aliphatic rings. The van der Waals surface area contributed by atoms with E-state index in [-0.39, 0.29) is 151 Å². The van der Waals surface area contributed by atoms with E-state index in [0.29, 0.717) is 0 Å². The molecule has 4 radical (unpaired) electrons. The number of hydrogen-bond donors (Lipinski definition) is 0. The predicted octanol–water partition coefficient (Wildman–Crippen LogP) is -0.0175. The first kappa shape index (κ1) is 59.0. The smallest absolute Gasteiger partial charge is 0 e. The summed E-state index contributed by atoms with van der Waals surface area (Å²) in [7, 11) is 0. The van der Waals surface area contributed by atoms with Gasteiger partial charge >= 0.3 is 0 Å². The second-order valence-corrected chi connectivity index (χ2v) is 0. The van der Waals surface area contributed by atoms with Crippen molar-refractivity contribution in [3.63, 3.8) is 0 Å². The van der Waals surface area contributed by atoms with Crippen LogP contribution >= 0.6 is 0 Å². The van der Waals surface area contributed by atoms with Crippen LogP contribution in [0.3, 0.4) is 0 Å². The molecular weight excluding hydrogens is 856 g/mol. The fraction of sp³-hybridized carbons (Fsp3) is 0. The average Bonchev–Trinajstić information content (AvgIpc) is 0. The summed E-state index contributed by atoms with van der Waals surface area (Å²) in [5.74, 6) is 0. The Morgan fingerprint density at radius 3 is 0.286 bits per heavy atom. The zero-order valence-electron chi connectivity index (χ0n) is 3.33. The van der Waals surface area contributed by atoms with E-state index >= 15 is 0 Å². The van der Waals surface area contributed by atoms with Crippen LogP contribution in [0.4, 0.5) is 0 Å². The Kier molecular flexibility index (Phi) is 376. The van der Waals surface area contributed by atoms with E-state index < -0.39 is 0 Å². The molecule has 0 unspecified atom stereocenters. The molecule has 0 atom stereocenters. The van der Waals surface area contributed by atoms with Crippen LogP contribution in [0, 0.1) is 0 Å². The van der Waals surface area contributed by atoms with Crippen molar-refractivity contribution in [2.75, 3.05) is 0 Å². The van der Waals surface area contributed by atoms with Crippen molar-refractivity contribution in [1.82, 2.24) is 0 Å². The first-order chi connectivity index (χ1) is 0. The number of hydrogen-bond acceptors (Lipinski definition) is 0. The molecule has 0 amide bonds. The third-order valence-corrected chi connectivity index (χ3v) is 0. The van der Waals surface area contributed by atoms with Crippen molar-refractivity contribution in [2.45, 2.75) is 0 Å². The molecule has 0 saturated carbocycles. The van der Waals surface area contributed by atoms with Gasteiger partial charge in [0.15, 0.2) is 0 Å². The molecule has 7 heavy (non-hydrogen) atoms. The molecule has 0 aromatic heterocycles. The summed E-state index contributed by atoms with van der Waals surface area (Å²) in [4.78, 5) is 0. The summed E-state index contributed by atoms with van der Waals surface area (Å²) in [5.41, 5.74) is 0. The van der Waals surface area contributed by atoms with E-state index in [0.717, 1.165) is 0 Å². The van der Waals surface area contributed by atoms with Crippen LogP contribution in [0.15, 0.2) is 0 Å². The molecule has 0 heterocycles. The van der Waals surface area contributed by atoms with Crippen LogP contribution < -0.4 is 0 Å². The minimum atomic E-state index is 0. The molecule has 0 aromatic rings.